The number of hydrogen-bond donors (Lipinski definition) is 2. The van der Waals surface area contributed by atoms with Gasteiger partial charge in [-0.2, -0.15) is 0 Å². The van der Waals surface area contributed by atoms with Crippen molar-refractivity contribution in [1.29, 1.82) is 0 Å². The van der Waals surface area contributed by atoms with Crippen LogP contribution < -0.4 is 14.2 Å². The van der Waals surface area contributed by atoms with Crippen LogP contribution >= 0.6 is 0 Å². The van der Waals surface area contributed by atoms with Gasteiger partial charge in [0.2, 0.25) is 0 Å². The highest BCUT2D eigenvalue weighted by Gasteiger charge is 2.18. The third-order valence-corrected chi connectivity index (χ3v) is 3.65. The number of hydrogen-bond acceptors (Lipinski definition) is 6. The summed E-state index contributed by atoms with van der Waals surface area (Å²) < 4.78 is 14.6. The fraction of sp³-hybridized carbons (Fsp3) is 0. The Kier molecular flexibility index (Phi) is 5.74. The zero-order chi connectivity index (χ0) is 20.8. The Bertz CT molecular complexity index is 991. The summed E-state index contributed by atoms with van der Waals surface area (Å²) in [5.41, 5.74) is -0.433. The molecule has 1 heterocycles. The van der Waals surface area contributed by atoms with Gasteiger partial charge >= 0.3 is 18.1 Å². The summed E-state index contributed by atoms with van der Waals surface area (Å²) in [7, 11) is 0. The van der Waals surface area contributed by atoms with Crippen molar-refractivity contribution in [3.05, 3.63) is 83.9 Å². The Labute approximate surface area is 164 Å². The van der Waals surface area contributed by atoms with Crippen LogP contribution in [0.2, 0.25) is 0 Å². The number of rotatable bonds is 4. The van der Waals surface area contributed by atoms with Crippen molar-refractivity contribution < 1.29 is 38.8 Å². The van der Waals surface area contributed by atoms with E-state index in [1.54, 1.807) is 0 Å². The molecule has 4 rings (SSSR count). The molecule has 0 radical (unpaired) electrons. The van der Waals surface area contributed by atoms with Crippen molar-refractivity contribution in [3.63, 3.8) is 0 Å². The molecule has 1 aliphatic rings. The third-order valence-electron chi connectivity index (χ3n) is 3.65. The number of carbonyl (C=O) groups excluding carboxylic acids is 1. The van der Waals surface area contributed by atoms with Gasteiger partial charge in [0.15, 0.2) is 11.5 Å². The molecule has 29 heavy (non-hydrogen) atoms. The molecule has 0 saturated carbocycles. The molecule has 146 valence electrons. The van der Waals surface area contributed by atoms with E-state index in [9.17, 15) is 14.4 Å². The van der Waals surface area contributed by atoms with Crippen LogP contribution in [0.5, 0.6) is 23.0 Å². The van der Waals surface area contributed by atoms with Gasteiger partial charge < -0.3 is 24.4 Å². The van der Waals surface area contributed by atoms with Crippen molar-refractivity contribution in [2.24, 2.45) is 0 Å². The van der Waals surface area contributed by atoms with Crippen LogP contribution in [0, 0.1) is 0 Å². The molecule has 0 spiro atoms. The van der Waals surface area contributed by atoms with E-state index in [0.29, 0.717) is 0 Å². The fourth-order valence-corrected chi connectivity index (χ4v) is 2.28. The standard InChI is InChI=1S/C15H10O7.C6H4O/c16-13(17)9-5-1-3-7-11(9)21-15(20)22-12-8-4-2-6-10(12)14(18)19;1-2-4-6-5(3-1)7-6/h1-8H,(H,16,17)(H,18,19);1-4H. The van der Waals surface area contributed by atoms with Gasteiger partial charge in [-0.25, -0.2) is 14.4 Å². The molecule has 3 aromatic carbocycles. The van der Waals surface area contributed by atoms with Gasteiger partial charge in [-0.3, -0.25) is 0 Å². The van der Waals surface area contributed by atoms with Crippen molar-refractivity contribution >= 4 is 18.1 Å². The van der Waals surface area contributed by atoms with Crippen LogP contribution in [0.3, 0.4) is 0 Å². The van der Waals surface area contributed by atoms with Crippen LogP contribution in [-0.4, -0.2) is 28.3 Å². The van der Waals surface area contributed by atoms with Gasteiger partial charge in [0.25, 0.3) is 0 Å². The summed E-state index contributed by atoms with van der Waals surface area (Å²) in [6.45, 7) is 0. The lowest BCUT2D eigenvalue weighted by atomic mass is 10.2. The average molecular weight is 394 g/mol. The molecule has 8 heteroatoms. The van der Waals surface area contributed by atoms with E-state index in [-0.39, 0.29) is 22.6 Å². The average Bonchev–Trinajstić information content (AvgIpc) is 3.49. The van der Waals surface area contributed by atoms with Gasteiger partial charge in [0.1, 0.15) is 22.6 Å². The Morgan fingerprint density at radius 3 is 1.38 bits per heavy atom. The molecule has 0 aromatic heterocycles. The molecule has 3 aromatic rings. The highest BCUT2D eigenvalue weighted by molar-refractivity contribution is 5.93. The predicted octanol–water partition coefficient (Wildman–Crippen LogP) is 4.45. The SMILES string of the molecule is O=C(Oc1ccccc1C(=O)O)Oc1ccccc1C(=O)O.c1ccc2c(c1)O2. The predicted molar refractivity (Wildman–Crippen MR) is 100.0 cm³/mol. The van der Waals surface area contributed by atoms with Crippen LogP contribution in [0.1, 0.15) is 20.7 Å². The van der Waals surface area contributed by atoms with E-state index >= 15 is 0 Å². The quantitative estimate of drug-likeness (QED) is 0.296. The third kappa shape index (κ3) is 5.10. The molecule has 0 aliphatic carbocycles. The smallest absolute Gasteiger partial charge is 0.478 e. The number of carboxylic acid groups (broad SMARTS) is 2. The molecule has 0 unspecified atom stereocenters. The number of ether oxygens (including phenoxy) is 3. The Balaban J connectivity index is 0.000000283. The first kappa shape index (κ1) is 19.4. The van der Waals surface area contributed by atoms with Crippen LogP contribution in [0.4, 0.5) is 4.79 Å². The van der Waals surface area contributed by atoms with Crippen LogP contribution in [-0.2, 0) is 0 Å². The summed E-state index contributed by atoms with van der Waals surface area (Å²) in [6.07, 6.45) is -1.23. The number of benzene rings is 3. The molecule has 0 bridgehead atoms. The monoisotopic (exact) mass is 394 g/mol. The number of para-hydroxylation sites is 4. The lowest BCUT2D eigenvalue weighted by molar-refractivity contribution is 0.0684. The second-order valence-corrected chi connectivity index (χ2v) is 5.61. The van der Waals surface area contributed by atoms with E-state index in [1.165, 1.54) is 48.5 Å². The summed E-state index contributed by atoms with van der Waals surface area (Å²) in [5, 5.41) is 18.0. The first-order valence-corrected chi connectivity index (χ1v) is 8.27. The van der Waals surface area contributed by atoms with E-state index < -0.39 is 18.1 Å². The van der Waals surface area contributed by atoms with Gasteiger partial charge in [-0.1, -0.05) is 36.4 Å². The Morgan fingerprint density at radius 2 is 1.00 bits per heavy atom. The molecule has 0 atom stereocenters. The zero-order valence-electron chi connectivity index (χ0n) is 14.8. The first-order valence-electron chi connectivity index (χ1n) is 8.27. The minimum atomic E-state index is -1.27. The summed E-state index contributed by atoms with van der Waals surface area (Å²) in [4.78, 5) is 33.7. The maximum Gasteiger partial charge on any atom is 0.519 e. The van der Waals surface area contributed by atoms with E-state index in [4.69, 9.17) is 24.4 Å². The molecule has 2 N–H and O–H groups in total. The molecule has 1 aliphatic heterocycles. The fourth-order valence-electron chi connectivity index (χ4n) is 2.28. The van der Waals surface area contributed by atoms with Crippen molar-refractivity contribution in [2.45, 2.75) is 0 Å². The van der Waals surface area contributed by atoms with E-state index in [1.807, 2.05) is 24.3 Å². The molecule has 8 nitrogen and oxygen atoms in total. The Hall–Kier alpha value is -4.33. The highest BCUT2D eigenvalue weighted by atomic mass is 16.7. The number of aromatic carboxylic acids is 2. The molecule has 0 amide bonds. The highest BCUT2D eigenvalue weighted by Crippen LogP contribution is 2.43. The van der Waals surface area contributed by atoms with Gasteiger partial charge in [-0.05, 0) is 36.4 Å². The molecular weight excluding hydrogens is 380 g/mol. The number of carbonyl (C=O) groups is 3. The normalized spacial score (nSPS) is 10.3. The molecule has 0 fully saturated rings. The second kappa shape index (κ2) is 8.57. The maximum atomic E-state index is 11.7. The maximum absolute atomic E-state index is 11.7. The minimum Gasteiger partial charge on any atom is -0.478 e. The van der Waals surface area contributed by atoms with Crippen molar-refractivity contribution in [3.8, 4) is 23.0 Å². The van der Waals surface area contributed by atoms with Gasteiger partial charge in [0, 0.05) is 0 Å². The summed E-state index contributed by atoms with van der Waals surface area (Å²) >= 11 is 0. The second-order valence-electron chi connectivity index (χ2n) is 5.61. The lowest BCUT2D eigenvalue weighted by Crippen LogP contribution is -2.17. The zero-order valence-corrected chi connectivity index (χ0v) is 14.8. The van der Waals surface area contributed by atoms with Gasteiger partial charge in [0.05, 0.1) is 0 Å². The van der Waals surface area contributed by atoms with Crippen LogP contribution in [0.15, 0.2) is 72.8 Å². The van der Waals surface area contributed by atoms with Crippen molar-refractivity contribution in [1.82, 2.24) is 0 Å². The van der Waals surface area contributed by atoms with Gasteiger partial charge in [-0.15, -0.1) is 0 Å². The minimum absolute atomic E-state index is 0.201. The Morgan fingerprint density at radius 1 is 0.621 bits per heavy atom. The summed E-state index contributed by atoms with van der Waals surface area (Å²) in [6, 6.07) is 18.8. The topological polar surface area (TPSA) is 123 Å². The van der Waals surface area contributed by atoms with E-state index in [0.717, 1.165) is 11.5 Å². The largest absolute Gasteiger partial charge is 0.519 e. The van der Waals surface area contributed by atoms with E-state index in [2.05, 4.69) is 0 Å². The number of fused-ring (bicyclic) bond motifs is 1. The molecular formula is C21H14O8. The number of carboxylic acids is 2. The molecule has 0 saturated heterocycles. The summed E-state index contributed by atoms with van der Waals surface area (Å²) in [5.74, 6) is -0.880. The van der Waals surface area contributed by atoms with Crippen molar-refractivity contribution in [2.75, 3.05) is 0 Å². The van der Waals surface area contributed by atoms with Crippen LogP contribution in [0.25, 0.3) is 0 Å². The lowest BCUT2D eigenvalue weighted by Gasteiger charge is -2.09. The first-order chi connectivity index (χ1) is 14.0.